The first-order valence-electron chi connectivity index (χ1n) is 8.88. The largest absolute Gasteiger partial charge is 0.465 e. The van der Waals surface area contributed by atoms with Gasteiger partial charge in [0.2, 0.25) is 0 Å². The number of terminal acetylenes is 1. The van der Waals surface area contributed by atoms with E-state index in [0.717, 1.165) is 33.8 Å². The third-order valence-electron chi connectivity index (χ3n) is 4.42. The molecule has 0 unspecified atom stereocenters. The molecule has 1 heterocycles. The predicted octanol–water partition coefficient (Wildman–Crippen LogP) is 3.87. The van der Waals surface area contributed by atoms with Crippen LogP contribution in [-0.2, 0) is 4.74 Å². The number of fused-ring (bicyclic) bond motifs is 1. The molecule has 0 radical (unpaired) electrons. The van der Waals surface area contributed by atoms with Crippen molar-refractivity contribution in [3.8, 4) is 12.3 Å². The molecule has 0 spiro atoms. The summed E-state index contributed by atoms with van der Waals surface area (Å²) in [4.78, 5) is 22.5. The lowest BCUT2D eigenvalue weighted by molar-refractivity contribution is 0.0601. The SMILES string of the molecule is C#CCN(C(=S)Nc1ccc2nc(C)c(C)nc2c1)c1ccc(C(=O)OC)cc1. The predicted molar refractivity (Wildman–Crippen MR) is 119 cm³/mol. The van der Waals surface area contributed by atoms with Crippen molar-refractivity contribution in [1.29, 1.82) is 0 Å². The molecule has 1 aromatic heterocycles. The highest BCUT2D eigenvalue weighted by atomic mass is 32.1. The Hall–Kier alpha value is -3.50. The fourth-order valence-electron chi connectivity index (χ4n) is 2.77. The fraction of sp³-hybridized carbons (Fsp3) is 0.182. The van der Waals surface area contributed by atoms with Crippen LogP contribution in [0.3, 0.4) is 0 Å². The van der Waals surface area contributed by atoms with Crippen molar-refractivity contribution < 1.29 is 9.53 Å². The number of carbonyl (C=O) groups is 1. The summed E-state index contributed by atoms with van der Waals surface area (Å²) in [5, 5.41) is 3.64. The van der Waals surface area contributed by atoms with Gasteiger partial charge < -0.3 is 15.0 Å². The van der Waals surface area contributed by atoms with Gasteiger partial charge in [-0.2, -0.15) is 0 Å². The molecular formula is C22H20N4O2S. The molecule has 0 bridgehead atoms. The van der Waals surface area contributed by atoms with Crippen molar-refractivity contribution in [2.75, 3.05) is 23.9 Å². The lowest BCUT2D eigenvalue weighted by atomic mass is 10.2. The average Bonchev–Trinajstić information content (AvgIpc) is 2.72. The number of thiocarbonyl (C=S) groups is 1. The topological polar surface area (TPSA) is 67.3 Å². The Morgan fingerprint density at radius 1 is 1.14 bits per heavy atom. The number of rotatable bonds is 4. The van der Waals surface area contributed by atoms with Gasteiger partial charge in [0.15, 0.2) is 5.11 Å². The van der Waals surface area contributed by atoms with E-state index in [2.05, 4.69) is 21.2 Å². The maximum absolute atomic E-state index is 11.6. The molecule has 0 atom stereocenters. The molecule has 0 aliphatic rings. The number of carbonyl (C=O) groups excluding carboxylic acids is 1. The summed E-state index contributed by atoms with van der Waals surface area (Å²) in [6, 6.07) is 12.6. The Bertz CT molecular complexity index is 1120. The number of methoxy groups -OCH3 is 1. The zero-order valence-corrected chi connectivity index (χ0v) is 17.2. The summed E-state index contributed by atoms with van der Waals surface area (Å²) < 4.78 is 4.73. The maximum atomic E-state index is 11.6. The van der Waals surface area contributed by atoms with Crippen LogP contribution in [0.15, 0.2) is 42.5 Å². The second-order valence-electron chi connectivity index (χ2n) is 6.36. The number of nitrogens with zero attached hydrogens (tertiary/aromatic N) is 3. The number of anilines is 2. The zero-order chi connectivity index (χ0) is 21.0. The Kier molecular flexibility index (Phi) is 6.05. The highest BCUT2D eigenvalue weighted by Gasteiger charge is 2.13. The molecule has 29 heavy (non-hydrogen) atoms. The number of hydrogen-bond acceptors (Lipinski definition) is 5. The monoisotopic (exact) mass is 404 g/mol. The third kappa shape index (κ3) is 4.50. The first-order valence-corrected chi connectivity index (χ1v) is 9.29. The molecule has 7 heteroatoms. The minimum atomic E-state index is -0.399. The van der Waals surface area contributed by atoms with Crippen molar-refractivity contribution in [1.82, 2.24) is 9.97 Å². The standard InChI is InChI=1S/C22H20N4O2S/c1-5-12-26(18-9-6-16(7-10-18)21(27)28-4)22(29)25-17-8-11-19-20(13-17)24-15(3)14(2)23-19/h1,6-11,13H,12H2,2-4H3,(H,25,29). The van der Waals surface area contributed by atoms with Gasteiger partial charge in [0.1, 0.15) is 0 Å². The number of ether oxygens (including phenoxy) is 1. The molecule has 0 aliphatic carbocycles. The zero-order valence-electron chi connectivity index (χ0n) is 16.4. The number of hydrogen-bond donors (Lipinski definition) is 1. The van der Waals surface area contributed by atoms with E-state index in [-0.39, 0.29) is 6.54 Å². The van der Waals surface area contributed by atoms with Crippen molar-refractivity contribution >= 4 is 45.7 Å². The quantitative estimate of drug-likeness (QED) is 0.402. The van der Waals surface area contributed by atoms with Gasteiger partial charge >= 0.3 is 5.97 Å². The molecule has 146 valence electrons. The van der Waals surface area contributed by atoms with E-state index in [4.69, 9.17) is 23.4 Å². The Labute approximate surface area is 174 Å². The van der Waals surface area contributed by atoms with Crippen molar-refractivity contribution in [2.45, 2.75) is 13.8 Å². The highest BCUT2D eigenvalue weighted by molar-refractivity contribution is 7.80. The highest BCUT2D eigenvalue weighted by Crippen LogP contribution is 2.20. The van der Waals surface area contributed by atoms with Gasteiger partial charge in [-0.25, -0.2) is 14.8 Å². The number of esters is 1. The van der Waals surface area contributed by atoms with Crippen molar-refractivity contribution in [2.24, 2.45) is 0 Å². The van der Waals surface area contributed by atoms with E-state index >= 15 is 0 Å². The van der Waals surface area contributed by atoms with Crippen LogP contribution in [0.2, 0.25) is 0 Å². The minimum Gasteiger partial charge on any atom is -0.465 e. The van der Waals surface area contributed by atoms with Crippen LogP contribution in [0.4, 0.5) is 11.4 Å². The molecule has 0 amide bonds. The van der Waals surface area contributed by atoms with Crippen LogP contribution < -0.4 is 10.2 Å². The Balaban J connectivity index is 1.84. The molecular weight excluding hydrogens is 384 g/mol. The van der Waals surface area contributed by atoms with Crippen LogP contribution >= 0.6 is 12.2 Å². The van der Waals surface area contributed by atoms with Crippen LogP contribution in [0.25, 0.3) is 11.0 Å². The van der Waals surface area contributed by atoms with E-state index in [0.29, 0.717) is 10.7 Å². The summed E-state index contributed by atoms with van der Waals surface area (Å²) >= 11 is 5.57. The van der Waals surface area contributed by atoms with Crippen LogP contribution in [-0.4, -0.2) is 34.7 Å². The lowest BCUT2D eigenvalue weighted by Gasteiger charge is -2.24. The van der Waals surface area contributed by atoms with E-state index in [1.165, 1.54) is 7.11 Å². The van der Waals surface area contributed by atoms with Gasteiger partial charge in [-0.3, -0.25) is 0 Å². The van der Waals surface area contributed by atoms with Gasteiger partial charge in [-0.15, -0.1) is 6.42 Å². The second-order valence-corrected chi connectivity index (χ2v) is 6.74. The maximum Gasteiger partial charge on any atom is 0.337 e. The summed E-state index contributed by atoms with van der Waals surface area (Å²) in [5.74, 6) is 2.21. The number of aryl methyl sites for hydroxylation is 2. The Morgan fingerprint density at radius 3 is 2.41 bits per heavy atom. The first-order chi connectivity index (χ1) is 13.9. The molecule has 0 saturated carbocycles. The molecule has 0 fully saturated rings. The average molecular weight is 404 g/mol. The van der Waals surface area contributed by atoms with Crippen molar-refractivity contribution in [3.63, 3.8) is 0 Å². The van der Waals surface area contributed by atoms with Gasteiger partial charge in [-0.05, 0) is 68.5 Å². The van der Waals surface area contributed by atoms with Crippen molar-refractivity contribution in [3.05, 3.63) is 59.4 Å². The van der Waals surface area contributed by atoms with E-state index in [1.54, 1.807) is 29.2 Å². The second kappa shape index (κ2) is 8.67. The van der Waals surface area contributed by atoms with Gasteiger partial charge in [0.05, 0.1) is 41.6 Å². The van der Waals surface area contributed by atoms with Crippen LogP contribution in [0.5, 0.6) is 0 Å². The molecule has 3 aromatic rings. The molecule has 2 aromatic carbocycles. The lowest BCUT2D eigenvalue weighted by Crippen LogP contribution is -2.35. The number of aromatic nitrogens is 2. The van der Waals surface area contributed by atoms with Crippen LogP contribution in [0.1, 0.15) is 21.7 Å². The number of nitrogens with one attached hydrogen (secondary N) is 1. The van der Waals surface area contributed by atoms with E-state index in [9.17, 15) is 4.79 Å². The van der Waals surface area contributed by atoms with E-state index in [1.807, 2.05) is 32.0 Å². The number of benzene rings is 2. The third-order valence-corrected chi connectivity index (χ3v) is 4.74. The van der Waals surface area contributed by atoms with Gasteiger partial charge in [0, 0.05) is 11.4 Å². The van der Waals surface area contributed by atoms with Gasteiger partial charge in [0.25, 0.3) is 0 Å². The fourth-order valence-corrected chi connectivity index (χ4v) is 3.05. The smallest absolute Gasteiger partial charge is 0.337 e. The normalized spacial score (nSPS) is 10.3. The molecule has 0 aliphatic heterocycles. The summed E-state index contributed by atoms with van der Waals surface area (Å²) in [5.41, 5.74) is 5.40. The summed E-state index contributed by atoms with van der Waals surface area (Å²) in [7, 11) is 1.34. The van der Waals surface area contributed by atoms with Crippen LogP contribution in [0, 0.1) is 26.2 Å². The molecule has 1 N–H and O–H groups in total. The van der Waals surface area contributed by atoms with E-state index < -0.39 is 5.97 Å². The minimum absolute atomic E-state index is 0.273. The molecule has 0 saturated heterocycles. The Morgan fingerprint density at radius 2 is 1.79 bits per heavy atom. The molecule has 6 nitrogen and oxygen atoms in total. The molecule has 3 rings (SSSR count). The first kappa shape index (κ1) is 20.2. The summed E-state index contributed by atoms with van der Waals surface area (Å²) in [6.07, 6.45) is 5.53. The van der Waals surface area contributed by atoms with Gasteiger partial charge in [-0.1, -0.05) is 5.92 Å². The summed E-state index contributed by atoms with van der Waals surface area (Å²) in [6.45, 7) is 4.14.